The van der Waals surface area contributed by atoms with Crippen LogP contribution >= 0.6 is 11.3 Å². The second-order valence-corrected chi connectivity index (χ2v) is 4.16. The first-order valence-corrected chi connectivity index (χ1v) is 5.58. The average Bonchev–Trinajstić information content (AvgIpc) is 2.79. The molecule has 2 N–H and O–H groups in total. The first kappa shape index (κ1) is 10.1. The smallest absolute Gasteiger partial charge is 0.0703 e. The van der Waals surface area contributed by atoms with Crippen LogP contribution in [0.3, 0.4) is 0 Å². The zero-order valence-electron chi connectivity index (χ0n) is 8.18. The molecule has 4 heteroatoms. The molecule has 0 radical (unpaired) electrons. The van der Waals surface area contributed by atoms with E-state index in [4.69, 9.17) is 5.11 Å². The largest absolute Gasteiger partial charge is 0.392 e. The number of anilines is 1. The third kappa shape index (κ3) is 2.55. The van der Waals surface area contributed by atoms with Gasteiger partial charge in [0.2, 0.25) is 0 Å². The number of hydrogen-bond donors (Lipinski definition) is 2. The summed E-state index contributed by atoms with van der Waals surface area (Å²) in [6, 6.07) is 5.92. The summed E-state index contributed by atoms with van der Waals surface area (Å²) >= 11 is 1.71. The molecular formula is C11H12N2OS. The van der Waals surface area contributed by atoms with Crippen molar-refractivity contribution in [1.29, 1.82) is 0 Å². The predicted octanol–water partition coefficient (Wildman–Crippen LogP) is 2.25. The van der Waals surface area contributed by atoms with Gasteiger partial charge in [-0.3, -0.25) is 4.98 Å². The maximum Gasteiger partial charge on any atom is 0.0703 e. The van der Waals surface area contributed by atoms with E-state index in [0.29, 0.717) is 0 Å². The molecule has 0 atom stereocenters. The lowest BCUT2D eigenvalue weighted by Gasteiger charge is -2.08. The van der Waals surface area contributed by atoms with Gasteiger partial charge in [-0.1, -0.05) is 6.07 Å². The second kappa shape index (κ2) is 4.91. The molecule has 78 valence electrons. The van der Waals surface area contributed by atoms with Crippen molar-refractivity contribution in [1.82, 2.24) is 4.98 Å². The van der Waals surface area contributed by atoms with Crippen LogP contribution in [0.4, 0.5) is 5.69 Å². The summed E-state index contributed by atoms with van der Waals surface area (Å²) < 4.78 is 0. The lowest BCUT2D eigenvalue weighted by Crippen LogP contribution is -2.01. The maximum absolute atomic E-state index is 9.11. The number of hydrogen-bond acceptors (Lipinski definition) is 4. The number of aromatic nitrogens is 1. The Bertz CT molecular complexity index is 414. The van der Waals surface area contributed by atoms with E-state index in [0.717, 1.165) is 17.8 Å². The second-order valence-electron chi connectivity index (χ2n) is 3.12. The van der Waals surface area contributed by atoms with Crippen molar-refractivity contribution in [2.75, 3.05) is 5.32 Å². The van der Waals surface area contributed by atoms with Crippen LogP contribution in [0.1, 0.15) is 10.4 Å². The van der Waals surface area contributed by atoms with Gasteiger partial charge in [0.05, 0.1) is 18.5 Å². The number of aliphatic hydroxyl groups excluding tert-OH is 1. The maximum atomic E-state index is 9.11. The topological polar surface area (TPSA) is 45.2 Å². The van der Waals surface area contributed by atoms with E-state index in [1.165, 1.54) is 4.88 Å². The summed E-state index contributed by atoms with van der Waals surface area (Å²) in [4.78, 5) is 5.29. The Labute approximate surface area is 92.4 Å². The minimum atomic E-state index is 0.0370. The van der Waals surface area contributed by atoms with Crippen LogP contribution in [0.2, 0.25) is 0 Å². The fourth-order valence-corrected chi connectivity index (χ4v) is 1.96. The van der Waals surface area contributed by atoms with Crippen molar-refractivity contribution in [2.24, 2.45) is 0 Å². The number of rotatable bonds is 4. The Morgan fingerprint density at radius 2 is 2.33 bits per heavy atom. The summed E-state index contributed by atoms with van der Waals surface area (Å²) in [5.74, 6) is 0. The molecule has 0 spiro atoms. The lowest BCUT2D eigenvalue weighted by atomic mass is 10.2. The minimum absolute atomic E-state index is 0.0370. The average molecular weight is 220 g/mol. The highest BCUT2D eigenvalue weighted by atomic mass is 32.1. The highest BCUT2D eigenvalue weighted by molar-refractivity contribution is 7.09. The minimum Gasteiger partial charge on any atom is -0.392 e. The Hall–Kier alpha value is -1.39. The van der Waals surface area contributed by atoms with E-state index in [1.54, 1.807) is 23.7 Å². The van der Waals surface area contributed by atoms with Gasteiger partial charge in [0.1, 0.15) is 0 Å². The number of nitrogens with zero attached hydrogens (tertiary/aromatic N) is 1. The van der Waals surface area contributed by atoms with E-state index in [1.807, 2.05) is 17.5 Å². The Kier molecular flexibility index (Phi) is 3.32. The summed E-state index contributed by atoms with van der Waals surface area (Å²) in [7, 11) is 0. The van der Waals surface area contributed by atoms with Gasteiger partial charge in [-0.2, -0.15) is 0 Å². The molecule has 0 aliphatic heterocycles. The van der Waals surface area contributed by atoms with Crippen molar-refractivity contribution in [2.45, 2.75) is 13.2 Å². The molecule has 0 bridgehead atoms. The Morgan fingerprint density at radius 1 is 1.40 bits per heavy atom. The molecule has 0 unspecified atom stereocenters. The van der Waals surface area contributed by atoms with Gasteiger partial charge in [-0.15, -0.1) is 11.3 Å². The fraction of sp³-hybridized carbons (Fsp3) is 0.182. The van der Waals surface area contributed by atoms with Crippen LogP contribution in [0, 0.1) is 0 Å². The third-order valence-corrected chi connectivity index (χ3v) is 2.99. The van der Waals surface area contributed by atoms with E-state index in [-0.39, 0.29) is 6.61 Å². The zero-order valence-corrected chi connectivity index (χ0v) is 9.00. The summed E-state index contributed by atoms with van der Waals surface area (Å²) in [5.41, 5.74) is 1.77. The quantitative estimate of drug-likeness (QED) is 0.830. The van der Waals surface area contributed by atoms with Crippen molar-refractivity contribution < 1.29 is 5.11 Å². The molecule has 0 saturated heterocycles. The summed E-state index contributed by atoms with van der Waals surface area (Å²) in [6.45, 7) is 0.811. The molecule has 2 aromatic rings. The van der Waals surface area contributed by atoms with Crippen LogP contribution < -0.4 is 5.32 Å². The Balaban J connectivity index is 2.04. The van der Waals surface area contributed by atoms with E-state index < -0.39 is 0 Å². The van der Waals surface area contributed by atoms with Crippen LogP contribution in [0.15, 0.2) is 36.0 Å². The Morgan fingerprint density at radius 3 is 3.07 bits per heavy atom. The van der Waals surface area contributed by atoms with Gasteiger partial charge >= 0.3 is 0 Å². The van der Waals surface area contributed by atoms with Crippen LogP contribution in [0.5, 0.6) is 0 Å². The molecule has 3 nitrogen and oxygen atoms in total. The van der Waals surface area contributed by atoms with E-state index in [2.05, 4.69) is 16.4 Å². The SMILES string of the molecule is OCc1ccncc1NCc1cccs1. The monoisotopic (exact) mass is 220 g/mol. The molecule has 0 amide bonds. The summed E-state index contributed by atoms with van der Waals surface area (Å²) in [5, 5.41) is 14.4. The van der Waals surface area contributed by atoms with E-state index >= 15 is 0 Å². The van der Waals surface area contributed by atoms with Crippen LogP contribution in [-0.4, -0.2) is 10.1 Å². The van der Waals surface area contributed by atoms with Gasteiger partial charge in [0, 0.05) is 23.2 Å². The van der Waals surface area contributed by atoms with Crippen molar-refractivity contribution >= 4 is 17.0 Å². The fourth-order valence-electron chi connectivity index (χ4n) is 1.32. The first-order valence-electron chi connectivity index (χ1n) is 4.70. The molecule has 0 saturated carbocycles. The summed E-state index contributed by atoms with van der Waals surface area (Å²) in [6.07, 6.45) is 3.42. The van der Waals surface area contributed by atoms with Gasteiger partial charge < -0.3 is 10.4 Å². The lowest BCUT2D eigenvalue weighted by molar-refractivity contribution is 0.282. The van der Waals surface area contributed by atoms with Crippen molar-refractivity contribution in [3.63, 3.8) is 0 Å². The zero-order chi connectivity index (χ0) is 10.5. The van der Waals surface area contributed by atoms with E-state index in [9.17, 15) is 0 Å². The molecular weight excluding hydrogens is 208 g/mol. The molecule has 0 fully saturated rings. The van der Waals surface area contributed by atoms with Gasteiger partial charge in [-0.25, -0.2) is 0 Å². The first-order chi connectivity index (χ1) is 7.40. The molecule has 0 aliphatic rings. The molecule has 2 rings (SSSR count). The number of pyridine rings is 1. The van der Waals surface area contributed by atoms with Gasteiger partial charge in [0.25, 0.3) is 0 Å². The highest BCUT2D eigenvalue weighted by Crippen LogP contribution is 2.16. The third-order valence-electron chi connectivity index (χ3n) is 2.11. The predicted molar refractivity (Wildman–Crippen MR) is 61.8 cm³/mol. The highest BCUT2D eigenvalue weighted by Gasteiger charge is 2.00. The number of nitrogens with one attached hydrogen (secondary N) is 1. The van der Waals surface area contributed by atoms with Gasteiger partial charge in [0.15, 0.2) is 0 Å². The molecule has 15 heavy (non-hydrogen) atoms. The van der Waals surface area contributed by atoms with Crippen molar-refractivity contribution in [3.05, 3.63) is 46.4 Å². The molecule has 2 aromatic heterocycles. The van der Waals surface area contributed by atoms with Crippen LogP contribution in [-0.2, 0) is 13.2 Å². The van der Waals surface area contributed by atoms with Crippen LogP contribution in [0.25, 0.3) is 0 Å². The number of aliphatic hydroxyl groups is 1. The molecule has 2 heterocycles. The van der Waals surface area contributed by atoms with Crippen molar-refractivity contribution in [3.8, 4) is 0 Å². The standard InChI is InChI=1S/C11H12N2OS/c14-8-9-3-4-12-7-11(9)13-6-10-2-1-5-15-10/h1-5,7,13-14H,6,8H2. The number of thiophene rings is 1. The molecule has 0 aromatic carbocycles. The molecule has 0 aliphatic carbocycles. The van der Waals surface area contributed by atoms with Gasteiger partial charge in [-0.05, 0) is 17.5 Å². The normalized spacial score (nSPS) is 10.2.